The van der Waals surface area contributed by atoms with Gasteiger partial charge in [0.25, 0.3) is 5.91 Å². The van der Waals surface area contributed by atoms with Gasteiger partial charge >= 0.3 is 0 Å². The molecule has 0 saturated carbocycles. The lowest BCUT2D eigenvalue weighted by Crippen LogP contribution is -2.34. The van der Waals surface area contributed by atoms with Crippen LogP contribution in [0.4, 0.5) is 0 Å². The first-order chi connectivity index (χ1) is 9.99. The zero-order valence-corrected chi connectivity index (χ0v) is 14.7. The second kappa shape index (κ2) is 7.34. The molecule has 0 aliphatic carbocycles. The standard InChI is InChI=1S/C16H18ClNOS2/c1-10(8-13-5-4-11(2)21-13)18-16(19)14-9-12(20-3)6-7-15(14)17/h4-7,9-10H,8H2,1-3H3,(H,18,19). The highest BCUT2D eigenvalue weighted by Crippen LogP contribution is 2.23. The van der Waals surface area contributed by atoms with Gasteiger partial charge in [-0.1, -0.05) is 11.6 Å². The van der Waals surface area contributed by atoms with E-state index < -0.39 is 0 Å². The molecule has 0 spiro atoms. The van der Waals surface area contributed by atoms with Crippen LogP contribution < -0.4 is 5.32 Å². The van der Waals surface area contributed by atoms with Crippen LogP contribution in [0.2, 0.25) is 5.02 Å². The molecule has 1 heterocycles. The second-order valence-corrected chi connectivity index (χ2v) is 7.60. The number of rotatable bonds is 5. The van der Waals surface area contributed by atoms with Crippen molar-refractivity contribution in [1.29, 1.82) is 0 Å². The van der Waals surface area contributed by atoms with Crippen molar-refractivity contribution in [3.63, 3.8) is 0 Å². The Bertz CT molecular complexity index is 639. The van der Waals surface area contributed by atoms with Gasteiger partial charge in [0, 0.05) is 27.1 Å². The third kappa shape index (κ3) is 4.50. The van der Waals surface area contributed by atoms with E-state index >= 15 is 0 Å². The summed E-state index contributed by atoms with van der Waals surface area (Å²) < 4.78 is 0. The molecule has 1 aromatic carbocycles. The summed E-state index contributed by atoms with van der Waals surface area (Å²) in [5.41, 5.74) is 0.540. The van der Waals surface area contributed by atoms with Gasteiger partial charge in [0.05, 0.1) is 10.6 Å². The zero-order chi connectivity index (χ0) is 15.4. The van der Waals surface area contributed by atoms with E-state index in [1.54, 1.807) is 29.2 Å². The summed E-state index contributed by atoms with van der Waals surface area (Å²) in [6.45, 7) is 4.10. The predicted octanol–water partition coefficient (Wildman–Crippen LogP) is 4.79. The Labute approximate surface area is 138 Å². The number of hydrogen-bond donors (Lipinski definition) is 1. The Morgan fingerprint density at radius 1 is 1.38 bits per heavy atom. The number of amides is 1. The van der Waals surface area contributed by atoms with E-state index in [0.717, 1.165) is 11.3 Å². The molecule has 2 nitrogen and oxygen atoms in total. The zero-order valence-electron chi connectivity index (χ0n) is 12.3. The van der Waals surface area contributed by atoms with Crippen molar-refractivity contribution in [2.24, 2.45) is 0 Å². The number of carbonyl (C=O) groups excluding carboxylic acids is 1. The smallest absolute Gasteiger partial charge is 0.253 e. The molecule has 1 aromatic heterocycles. The molecule has 1 unspecified atom stereocenters. The molecule has 1 N–H and O–H groups in total. The third-order valence-corrected chi connectivity index (χ3v) is 5.18. The number of hydrogen-bond acceptors (Lipinski definition) is 3. The maximum atomic E-state index is 12.3. The number of halogens is 1. The molecule has 1 amide bonds. The van der Waals surface area contributed by atoms with Gasteiger partial charge in [-0.25, -0.2) is 0 Å². The largest absolute Gasteiger partial charge is 0.349 e. The highest BCUT2D eigenvalue weighted by molar-refractivity contribution is 7.98. The van der Waals surface area contributed by atoms with Crippen molar-refractivity contribution in [1.82, 2.24) is 5.32 Å². The first-order valence-corrected chi connectivity index (χ1v) is 9.11. The van der Waals surface area contributed by atoms with Crippen molar-refractivity contribution < 1.29 is 4.79 Å². The van der Waals surface area contributed by atoms with Gasteiger partial charge in [0.15, 0.2) is 0 Å². The van der Waals surface area contributed by atoms with E-state index in [9.17, 15) is 4.79 Å². The molecular formula is C16H18ClNOS2. The van der Waals surface area contributed by atoms with Crippen LogP contribution in [0.15, 0.2) is 35.2 Å². The highest BCUT2D eigenvalue weighted by atomic mass is 35.5. The van der Waals surface area contributed by atoms with E-state index in [1.807, 2.05) is 25.3 Å². The SMILES string of the molecule is CSc1ccc(Cl)c(C(=O)NC(C)Cc2ccc(C)s2)c1. The molecule has 0 radical (unpaired) electrons. The van der Waals surface area contributed by atoms with Gasteiger partial charge in [0.1, 0.15) is 0 Å². The van der Waals surface area contributed by atoms with Crippen LogP contribution in [-0.2, 0) is 6.42 Å². The van der Waals surface area contributed by atoms with Gasteiger partial charge in [-0.05, 0) is 50.4 Å². The molecule has 0 aliphatic heterocycles. The second-order valence-electron chi connectivity index (χ2n) is 4.94. The van der Waals surface area contributed by atoms with Crippen LogP contribution in [0.3, 0.4) is 0 Å². The number of benzene rings is 1. The summed E-state index contributed by atoms with van der Waals surface area (Å²) in [5, 5.41) is 3.51. The molecule has 21 heavy (non-hydrogen) atoms. The summed E-state index contributed by atoms with van der Waals surface area (Å²) >= 11 is 9.49. The van der Waals surface area contributed by atoms with Crippen LogP contribution in [0, 0.1) is 6.92 Å². The monoisotopic (exact) mass is 339 g/mol. The Hall–Kier alpha value is -0.970. The lowest BCUT2D eigenvalue weighted by Gasteiger charge is -2.14. The van der Waals surface area contributed by atoms with Gasteiger partial charge in [-0.15, -0.1) is 23.1 Å². The maximum Gasteiger partial charge on any atom is 0.253 e. The van der Waals surface area contributed by atoms with Gasteiger partial charge in [-0.2, -0.15) is 0 Å². The molecular weight excluding hydrogens is 322 g/mol. The minimum Gasteiger partial charge on any atom is -0.349 e. The van der Waals surface area contributed by atoms with Crippen LogP contribution in [0.25, 0.3) is 0 Å². The molecule has 2 aromatic rings. The maximum absolute atomic E-state index is 12.3. The summed E-state index contributed by atoms with van der Waals surface area (Å²) in [7, 11) is 0. The molecule has 5 heteroatoms. The molecule has 1 atom stereocenters. The Kier molecular flexibility index (Phi) is 5.73. The average Bonchev–Trinajstić information content (AvgIpc) is 2.84. The molecule has 0 bridgehead atoms. The Morgan fingerprint density at radius 2 is 2.14 bits per heavy atom. The number of carbonyl (C=O) groups is 1. The Morgan fingerprint density at radius 3 is 2.76 bits per heavy atom. The highest BCUT2D eigenvalue weighted by Gasteiger charge is 2.14. The summed E-state index contributed by atoms with van der Waals surface area (Å²) in [6.07, 6.45) is 2.82. The van der Waals surface area contributed by atoms with Crippen molar-refractivity contribution in [2.45, 2.75) is 31.2 Å². The molecule has 112 valence electrons. The van der Waals surface area contributed by atoms with Crippen molar-refractivity contribution in [3.8, 4) is 0 Å². The van der Waals surface area contributed by atoms with Crippen LogP contribution in [0.1, 0.15) is 27.0 Å². The van der Waals surface area contributed by atoms with Gasteiger partial charge in [-0.3, -0.25) is 4.79 Å². The van der Waals surface area contributed by atoms with Crippen molar-refractivity contribution in [3.05, 3.63) is 50.7 Å². The lowest BCUT2D eigenvalue weighted by molar-refractivity contribution is 0.0940. The Balaban J connectivity index is 2.03. The van der Waals surface area contributed by atoms with E-state index in [0.29, 0.717) is 10.6 Å². The average molecular weight is 340 g/mol. The van der Waals surface area contributed by atoms with Gasteiger partial charge in [0.2, 0.25) is 0 Å². The van der Waals surface area contributed by atoms with E-state index in [2.05, 4.69) is 24.4 Å². The quantitative estimate of drug-likeness (QED) is 0.793. The lowest BCUT2D eigenvalue weighted by atomic mass is 10.1. The normalized spacial score (nSPS) is 12.2. The van der Waals surface area contributed by atoms with Crippen LogP contribution in [-0.4, -0.2) is 18.2 Å². The number of nitrogens with one attached hydrogen (secondary N) is 1. The number of aryl methyl sites for hydroxylation is 1. The molecule has 2 rings (SSSR count). The first-order valence-electron chi connectivity index (χ1n) is 6.69. The number of thiophene rings is 1. The molecule has 0 aliphatic rings. The van der Waals surface area contributed by atoms with E-state index in [1.165, 1.54) is 9.75 Å². The molecule has 0 saturated heterocycles. The van der Waals surface area contributed by atoms with E-state index in [4.69, 9.17) is 11.6 Å². The minimum atomic E-state index is -0.114. The van der Waals surface area contributed by atoms with E-state index in [-0.39, 0.29) is 11.9 Å². The fraction of sp³-hybridized carbons (Fsp3) is 0.312. The first kappa shape index (κ1) is 16.4. The number of thioether (sulfide) groups is 1. The summed E-state index contributed by atoms with van der Waals surface area (Å²) in [4.78, 5) is 15.9. The summed E-state index contributed by atoms with van der Waals surface area (Å²) in [5.74, 6) is -0.114. The van der Waals surface area contributed by atoms with Crippen LogP contribution >= 0.6 is 34.7 Å². The van der Waals surface area contributed by atoms with Crippen molar-refractivity contribution in [2.75, 3.05) is 6.26 Å². The third-order valence-electron chi connectivity index (χ3n) is 3.10. The topological polar surface area (TPSA) is 29.1 Å². The van der Waals surface area contributed by atoms with Crippen LogP contribution in [0.5, 0.6) is 0 Å². The predicted molar refractivity (Wildman–Crippen MR) is 92.9 cm³/mol. The van der Waals surface area contributed by atoms with Gasteiger partial charge < -0.3 is 5.32 Å². The fourth-order valence-electron chi connectivity index (χ4n) is 2.05. The fourth-order valence-corrected chi connectivity index (χ4v) is 3.72. The minimum absolute atomic E-state index is 0.0737. The van der Waals surface area contributed by atoms with Crippen molar-refractivity contribution >= 4 is 40.6 Å². The molecule has 0 fully saturated rings. The summed E-state index contributed by atoms with van der Waals surface area (Å²) in [6, 6.07) is 9.82.